The molecule has 0 radical (unpaired) electrons. The van der Waals surface area contributed by atoms with Gasteiger partial charge in [-0.1, -0.05) is 42.5 Å². The van der Waals surface area contributed by atoms with E-state index >= 15 is 0 Å². The van der Waals surface area contributed by atoms with Crippen LogP contribution in [0.15, 0.2) is 65.2 Å². The topological polar surface area (TPSA) is 38.5 Å². The normalized spacial score (nSPS) is 15.9. The molecule has 27 heavy (non-hydrogen) atoms. The summed E-state index contributed by atoms with van der Waals surface area (Å²) in [7, 11) is 0. The van der Waals surface area contributed by atoms with Gasteiger partial charge in [-0.2, -0.15) is 0 Å². The third-order valence-electron chi connectivity index (χ3n) is 4.90. The van der Waals surface area contributed by atoms with Gasteiger partial charge < -0.3 is 9.15 Å². The lowest BCUT2D eigenvalue weighted by Crippen LogP contribution is -2.36. The van der Waals surface area contributed by atoms with Gasteiger partial charge in [0.1, 0.15) is 5.82 Å². The Morgan fingerprint density at radius 2 is 1.78 bits per heavy atom. The van der Waals surface area contributed by atoms with Gasteiger partial charge in [0.15, 0.2) is 5.76 Å². The lowest BCUT2D eigenvalue weighted by molar-refractivity contribution is -0.00526. The van der Waals surface area contributed by atoms with Gasteiger partial charge in [0, 0.05) is 18.7 Å². The first-order valence-electron chi connectivity index (χ1n) is 9.35. The Hall–Kier alpha value is -2.50. The van der Waals surface area contributed by atoms with Crippen LogP contribution in [0.2, 0.25) is 0 Å². The quantitative estimate of drug-likeness (QED) is 0.636. The number of hydrogen-bond acceptors (Lipinski definition) is 4. The van der Waals surface area contributed by atoms with Crippen molar-refractivity contribution in [2.24, 2.45) is 0 Å². The van der Waals surface area contributed by atoms with Crippen molar-refractivity contribution in [3.63, 3.8) is 0 Å². The molecule has 4 nitrogen and oxygen atoms in total. The molecule has 1 aliphatic heterocycles. The Morgan fingerprint density at radius 1 is 1.04 bits per heavy atom. The van der Waals surface area contributed by atoms with Crippen molar-refractivity contribution in [3.8, 4) is 11.3 Å². The van der Waals surface area contributed by atoms with Gasteiger partial charge in [0.25, 0.3) is 0 Å². The molecule has 0 bridgehead atoms. The third kappa shape index (κ3) is 4.81. The van der Waals surface area contributed by atoms with Gasteiger partial charge in [0.2, 0.25) is 5.89 Å². The summed E-state index contributed by atoms with van der Waals surface area (Å²) in [6.07, 6.45) is 4.00. The second-order valence-electron chi connectivity index (χ2n) is 6.90. The summed E-state index contributed by atoms with van der Waals surface area (Å²) in [4.78, 5) is 6.76. The summed E-state index contributed by atoms with van der Waals surface area (Å²) in [5, 5.41) is 0. The van der Waals surface area contributed by atoms with E-state index in [1.807, 2.05) is 30.3 Å². The van der Waals surface area contributed by atoms with Gasteiger partial charge in [0.05, 0.1) is 25.5 Å². The Balaban J connectivity index is 1.24. The number of hydrogen-bond donors (Lipinski definition) is 0. The fourth-order valence-corrected chi connectivity index (χ4v) is 3.34. The molecule has 0 unspecified atom stereocenters. The van der Waals surface area contributed by atoms with Crippen molar-refractivity contribution < 1.29 is 13.5 Å². The highest BCUT2D eigenvalue weighted by molar-refractivity contribution is 5.55. The first kappa shape index (κ1) is 17.9. The van der Waals surface area contributed by atoms with E-state index < -0.39 is 0 Å². The van der Waals surface area contributed by atoms with Gasteiger partial charge in [-0.25, -0.2) is 9.37 Å². The van der Waals surface area contributed by atoms with Crippen LogP contribution >= 0.6 is 0 Å². The molecule has 1 saturated heterocycles. The Kier molecular flexibility index (Phi) is 5.61. The Labute approximate surface area is 158 Å². The molecule has 3 aromatic rings. The Bertz CT molecular complexity index is 840. The molecule has 0 saturated carbocycles. The van der Waals surface area contributed by atoms with E-state index in [4.69, 9.17) is 9.15 Å². The first-order valence-corrected chi connectivity index (χ1v) is 9.35. The van der Waals surface area contributed by atoms with E-state index in [1.54, 1.807) is 18.3 Å². The second kappa shape index (κ2) is 8.46. The molecule has 0 spiro atoms. The van der Waals surface area contributed by atoms with E-state index in [0.29, 0.717) is 6.61 Å². The highest BCUT2D eigenvalue weighted by atomic mass is 19.1. The molecule has 1 aromatic heterocycles. The van der Waals surface area contributed by atoms with Gasteiger partial charge >= 0.3 is 0 Å². The number of halogens is 1. The van der Waals surface area contributed by atoms with E-state index in [9.17, 15) is 4.39 Å². The second-order valence-corrected chi connectivity index (χ2v) is 6.90. The SMILES string of the molecule is Fc1ccc(COC2CCN(Cc3ncc(-c4ccccc4)o3)CC2)cc1. The van der Waals surface area contributed by atoms with E-state index in [-0.39, 0.29) is 11.9 Å². The maximum atomic E-state index is 12.9. The van der Waals surface area contributed by atoms with Gasteiger partial charge in [-0.15, -0.1) is 0 Å². The summed E-state index contributed by atoms with van der Waals surface area (Å²) >= 11 is 0. The van der Waals surface area contributed by atoms with Crippen molar-refractivity contribution in [1.82, 2.24) is 9.88 Å². The van der Waals surface area contributed by atoms with E-state index in [1.165, 1.54) is 12.1 Å². The number of nitrogens with zero attached hydrogens (tertiary/aromatic N) is 2. The highest BCUT2D eigenvalue weighted by Crippen LogP contribution is 2.22. The van der Waals surface area contributed by atoms with E-state index in [0.717, 1.165) is 55.3 Å². The number of aromatic nitrogens is 1. The molecule has 140 valence electrons. The average Bonchev–Trinajstić information content (AvgIpc) is 3.18. The summed E-state index contributed by atoms with van der Waals surface area (Å²) in [5.74, 6) is 1.34. The maximum absolute atomic E-state index is 12.9. The maximum Gasteiger partial charge on any atom is 0.209 e. The van der Waals surface area contributed by atoms with Gasteiger partial charge in [-0.05, 0) is 30.5 Å². The largest absolute Gasteiger partial charge is 0.439 e. The van der Waals surface area contributed by atoms with Crippen LogP contribution in [0, 0.1) is 5.82 Å². The lowest BCUT2D eigenvalue weighted by atomic mass is 10.1. The zero-order valence-corrected chi connectivity index (χ0v) is 15.2. The fourth-order valence-electron chi connectivity index (χ4n) is 3.34. The lowest BCUT2D eigenvalue weighted by Gasteiger charge is -2.31. The number of oxazole rings is 1. The minimum atomic E-state index is -0.214. The summed E-state index contributed by atoms with van der Waals surface area (Å²) in [6.45, 7) is 3.16. The van der Waals surface area contributed by atoms with Crippen LogP contribution in [-0.2, 0) is 17.9 Å². The molecule has 0 aliphatic carbocycles. The molecule has 0 amide bonds. The molecule has 5 heteroatoms. The minimum absolute atomic E-state index is 0.214. The summed E-state index contributed by atoms with van der Waals surface area (Å²) in [6, 6.07) is 16.5. The zero-order valence-electron chi connectivity index (χ0n) is 15.2. The number of piperidine rings is 1. The van der Waals surface area contributed by atoms with Crippen molar-refractivity contribution in [3.05, 3.63) is 78.1 Å². The van der Waals surface area contributed by atoms with Crippen LogP contribution < -0.4 is 0 Å². The van der Waals surface area contributed by atoms with Crippen LogP contribution in [-0.4, -0.2) is 29.1 Å². The molecular formula is C22H23FN2O2. The summed E-state index contributed by atoms with van der Waals surface area (Å²) in [5.41, 5.74) is 2.05. The fraction of sp³-hybridized carbons (Fsp3) is 0.318. The van der Waals surface area contributed by atoms with Crippen LogP contribution in [0.3, 0.4) is 0 Å². The third-order valence-corrected chi connectivity index (χ3v) is 4.90. The molecule has 0 N–H and O–H groups in total. The molecule has 4 rings (SSSR count). The molecular weight excluding hydrogens is 343 g/mol. The molecule has 2 heterocycles. The molecule has 1 fully saturated rings. The number of ether oxygens (including phenoxy) is 1. The van der Waals surface area contributed by atoms with Gasteiger partial charge in [-0.3, -0.25) is 4.90 Å². The van der Waals surface area contributed by atoms with Crippen LogP contribution in [0.4, 0.5) is 4.39 Å². The van der Waals surface area contributed by atoms with E-state index in [2.05, 4.69) is 9.88 Å². The zero-order chi connectivity index (χ0) is 18.5. The van der Waals surface area contributed by atoms with Crippen LogP contribution in [0.1, 0.15) is 24.3 Å². The van der Waals surface area contributed by atoms with Crippen molar-refractivity contribution in [1.29, 1.82) is 0 Å². The molecule has 2 aromatic carbocycles. The minimum Gasteiger partial charge on any atom is -0.439 e. The molecule has 0 atom stereocenters. The monoisotopic (exact) mass is 366 g/mol. The summed E-state index contributed by atoms with van der Waals surface area (Å²) < 4.78 is 24.8. The van der Waals surface area contributed by atoms with Crippen molar-refractivity contribution >= 4 is 0 Å². The predicted octanol–water partition coefficient (Wildman–Crippen LogP) is 4.66. The number of rotatable bonds is 6. The highest BCUT2D eigenvalue weighted by Gasteiger charge is 2.21. The first-order chi connectivity index (χ1) is 13.3. The average molecular weight is 366 g/mol. The standard InChI is InChI=1S/C22H23FN2O2/c23-19-8-6-17(7-9-19)16-26-20-10-12-25(13-11-20)15-22-24-14-21(27-22)18-4-2-1-3-5-18/h1-9,14,20H,10-13,15-16H2. The Morgan fingerprint density at radius 3 is 2.52 bits per heavy atom. The predicted molar refractivity (Wildman–Crippen MR) is 101 cm³/mol. The molecule has 1 aliphatic rings. The van der Waals surface area contributed by atoms with Crippen LogP contribution in [0.25, 0.3) is 11.3 Å². The number of benzene rings is 2. The van der Waals surface area contributed by atoms with Crippen LogP contribution in [0.5, 0.6) is 0 Å². The number of likely N-dealkylation sites (tertiary alicyclic amines) is 1. The van der Waals surface area contributed by atoms with Crippen molar-refractivity contribution in [2.75, 3.05) is 13.1 Å². The smallest absolute Gasteiger partial charge is 0.209 e. The van der Waals surface area contributed by atoms with Crippen molar-refractivity contribution in [2.45, 2.75) is 32.1 Å².